The molecule has 35 heavy (non-hydrogen) atoms. The van der Waals surface area contributed by atoms with Crippen molar-refractivity contribution in [1.82, 2.24) is 9.62 Å². The van der Waals surface area contributed by atoms with Gasteiger partial charge in [0, 0.05) is 19.5 Å². The number of rotatable bonds is 10. The molecule has 0 bridgehead atoms. The van der Waals surface area contributed by atoms with Crippen LogP contribution in [-0.2, 0) is 19.5 Å². The molecule has 1 aromatic rings. The van der Waals surface area contributed by atoms with Crippen molar-refractivity contribution in [3.05, 3.63) is 48.6 Å². The lowest BCUT2D eigenvalue weighted by molar-refractivity contribution is -0.0137. The lowest BCUT2D eigenvalue weighted by Crippen LogP contribution is -2.50. The van der Waals surface area contributed by atoms with Gasteiger partial charge in [-0.2, -0.15) is 13.1 Å². The summed E-state index contributed by atoms with van der Waals surface area (Å²) in [5.74, 6) is -0.323. The molecule has 0 unspecified atom stereocenters. The van der Waals surface area contributed by atoms with Crippen LogP contribution in [0.3, 0.4) is 0 Å². The van der Waals surface area contributed by atoms with Crippen molar-refractivity contribution in [2.45, 2.75) is 52.9 Å². The van der Waals surface area contributed by atoms with E-state index < -0.39 is 31.2 Å². The topological polar surface area (TPSA) is 114 Å². The van der Waals surface area contributed by atoms with Gasteiger partial charge in [-0.1, -0.05) is 51.1 Å². The average Bonchev–Trinajstić information content (AvgIpc) is 3.11. The van der Waals surface area contributed by atoms with E-state index in [0.717, 1.165) is 0 Å². The number of nitrogens with one attached hydrogen (secondary N) is 1. The van der Waals surface area contributed by atoms with Gasteiger partial charge in [0.15, 0.2) is 26.3 Å². The second-order valence-corrected chi connectivity index (χ2v) is 13.8. The molecular formula is C24H38N2O7SSi. The van der Waals surface area contributed by atoms with Crippen LogP contribution in [0.5, 0.6) is 11.5 Å². The van der Waals surface area contributed by atoms with Crippen LogP contribution in [-0.4, -0.2) is 59.0 Å². The first-order valence-electron chi connectivity index (χ1n) is 11.6. The number of carbonyl (C=O) groups is 1. The summed E-state index contributed by atoms with van der Waals surface area (Å²) in [5.41, 5.74) is -0.500. The van der Waals surface area contributed by atoms with Crippen LogP contribution in [0, 0.1) is 11.3 Å². The minimum Gasteiger partial charge on any atom is -0.504 e. The molecule has 0 aliphatic carbocycles. The normalized spacial score (nSPS) is 21.3. The van der Waals surface area contributed by atoms with E-state index >= 15 is 0 Å². The quantitative estimate of drug-likeness (QED) is 0.351. The van der Waals surface area contributed by atoms with Crippen molar-refractivity contribution in [1.29, 1.82) is 0 Å². The molecule has 0 aromatic heterocycles. The molecular weight excluding hydrogens is 488 g/mol. The molecule has 11 heteroatoms. The highest BCUT2D eigenvalue weighted by atomic mass is 32.2. The third kappa shape index (κ3) is 8.09. The average molecular weight is 527 g/mol. The molecule has 1 amide bonds. The Morgan fingerprint density at radius 1 is 1.34 bits per heavy atom. The number of para-hydroxylation sites is 2. The van der Waals surface area contributed by atoms with E-state index in [2.05, 4.69) is 32.1 Å². The Labute approximate surface area is 210 Å². The predicted octanol–water partition coefficient (Wildman–Crippen LogP) is 3.94. The van der Waals surface area contributed by atoms with Crippen molar-refractivity contribution in [2.24, 2.45) is 11.3 Å². The molecule has 1 heterocycles. The highest BCUT2D eigenvalue weighted by Gasteiger charge is 2.51. The number of hydrogen-bond donors (Lipinski definition) is 2. The molecule has 1 aliphatic heterocycles. The van der Waals surface area contributed by atoms with Crippen molar-refractivity contribution in [2.75, 3.05) is 19.7 Å². The number of hydrogen-bond acceptors (Lipinski definition) is 7. The van der Waals surface area contributed by atoms with E-state index in [1.165, 1.54) is 18.2 Å². The van der Waals surface area contributed by atoms with Gasteiger partial charge in [-0.05, 0) is 49.6 Å². The molecule has 196 valence electrons. The first kappa shape index (κ1) is 28.9. The van der Waals surface area contributed by atoms with Crippen molar-refractivity contribution in [3.8, 4) is 11.5 Å². The molecule has 0 saturated carbocycles. The minimum atomic E-state index is -4.20. The summed E-state index contributed by atoms with van der Waals surface area (Å²) in [7, 11) is -5.85. The number of carbonyl (C=O) groups excluding carboxylic acids is 1. The second kappa shape index (κ2) is 11.6. The van der Waals surface area contributed by atoms with Gasteiger partial charge in [0.2, 0.25) is 0 Å². The standard InChI is InChI=1S/C24H38N2O7SSi/c1-8-13-31-22(28)26-17-19(23(3,4)5)15-24(26,33-35(6)7)14-18(2)16-25-34(29,30)32-21-12-10-9-11-20(21)27/h8-12,14,19,25,27,35H,1,13,15-17H2,2-7H3/t19-,24+/m0/s1. The number of amides is 1. The molecule has 2 N–H and O–H groups in total. The summed E-state index contributed by atoms with van der Waals surface area (Å²) in [6.07, 6.45) is 3.38. The summed E-state index contributed by atoms with van der Waals surface area (Å²) in [6.45, 7) is 16.2. The highest BCUT2D eigenvalue weighted by Crippen LogP contribution is 2.44. The zero-order chi connectivity index (χ0) is 26.4. The lowest BCUT2D eigenvalue weighted by Gasteiger charge is -2.37. The first-order chi connectivity index (χ1) is 16.2. The lowest BCUT2D eigenvalue weighted by atomic mass is 9.79. The van der Waals surface area contributed by atoms with Gasteiger partial charge in [-0.25, -0.2) is 4.79 Å². The van der Waals surface area contributed by atoms with Gasteiger partial charge < -0.3 is 18.5 Å². The number of nitrogens with zero attached hydrogens (tertiary/aromatic N) is 1. The maximum atomic E-state index is 13.0. The van der Waals surface area contributed by atoms with E-state index in [0.29, 0.717) is 18.5 Å². The Morgan fingerprint density at radius 3 is 2.57 bits per heavy atom. The molecule has 9 nitrogen and oxygen atoms in total. The van der Waals surface area contributed by atoms with Crippen molar-refractivity contribution >= 4 is 25.4 Å². The van der Waals surface area contributed by atoms with Gasteiger partial charge in [-0.15, -0.1) is 0 Å². The monoisotopic (exact) mass is 526 g/mol. The summed E-state index contributed by atoms with van der Waals surface area (Å²) >= 11 is 0. The van der Waals surface area contributed by atoms with Crippen LogP contribution >= 0.6 is 0 Å². The third-order valence-corrected chi connectivity index (χ3v) is 7.45. The number of likely N-dealkylation sites (tertiary alicyclic amines) is 1. The van der Waals surface area contributed by atoms with Crippen LogP contribution in [0.2, 0.25) is 13.1 Å². The van der Waals surface area contributed by atoms with E-state index in [9.17, 15) is 18.3 Å². The second-order valence-electron chi connectivity index (χ2n) is 10.1. The van der Waals surface area contributed by atoms with Crippen LogP contribution in [0.1, 0.15) is 34.1 Å². The maximum Gasteiger partial charge on any atom is 0.412 e. The molecule has 1 aliphatic rings. The maximum absolute atomic E-state index is 13.0. The SMILES string of the molecule is C=CCOC(=O)N1C[C@@H](C(C)(C)C)C[C@@]1(C=C(C)CNS(=O)(=O)Oc1ccccc1O)O[SiH](C)C. The van der Waals surface area contributed by atoms with Crippen LogP contribution in [0.4, 0.5) is 4.79 Å². The van der Waals surface area contributed by atoms with E-state index in [1.54, 1.807) is 24.0 Å². The zero-order valence-corrected chi connectivity index (χ0v) is 23.4. The van der Waals surface area contributed by atoms with Gasteiger partial charge in [0.1, 0.15) is 6.61 Å². The van der Waals surface area contributed by atoms with Crippen LogP contribution in [0.15, 0.2) is 48.6 Å². The van der Waals surface area contributed by atoms with Gasteiger partial charge in [-0.3, -0.25) is 4.90 Å². The Bertz CT molecular complexity index is 1040. The van der Waals surface area contributed by atoms with Crippen molar-refractivity contribution in [3.63, 3.8) is 0 Å². The van der Waals surface area contributed by atoms with E-state index in [-0.39, 0.29) is 36.0 Å². The first-order valence-corrected chi connectivity index (χ1v) is 15.8. The van der Waals surface area contributed by atoms with Gasteiger partial charge >= 0.3 is 16.4 Å². The zero-order valence-electron chi connectivity index (χ0n) is 21.4. The van der Waals surface area contributed by atoms with E-state index in [4.69, 9.17) is 13.3 Å². The molecule has 1 fully saturated rings. The third-order valence-electron chi connectivity index (χ3n) is 5.67. The largest absolute Gasteiger partial charge is 0.504 e. The van der Waals surface area contributed by atoms with Crippen LogP contribution in [0.25, 0.3) is 0 Å². The van der Waals surface area contributed by atoms with E-state index in [1.807, 2.05) is 19.2 Å². The number of benzene rings is 1. The minimum absolute atomic E-state index is 0.0730. The molecule has 0 spiro atoms. The fourth-order valence-electron chi connectivity index (χ4n) is 3.92. The predicted molar refractivity (Wildman–Crippen MR) is 138 cm³/mol. The molecule has 1 saturated heterocycles. The number of aromatic hydroxyl groups is 1. The summed E-state index contributed by atoms with van der Waals surface area (Å²) < 4.78 is 44.1. The molecule has 1 aromatic carbocycles. The number of phenolic OH excluding ortho intramolecular Hbond substituents is 1. The summed E-state index contributed by atoms with van der Waals surface area (Å²) in [4.78, 5) is 14.6. The fourth-order valence-corrected chi connectivity index (χ4v) is 5.87. The number of phenols is 1. The van der Waals surface area contributed by atoms with Crippen molar-refractivity contribution < 1.29 is 31.7 Å². The van der Waals surface area contributed by atoms with Gasteiger partial charge in [0.05, 0.1) is 0 Å². The number of ether oxygens (including phenoxy) is 1. The molecule has 2 atom stereocenters. The summed E-state index contributed by atoms with van der Waals surface area (Å²) in [5, 5.41) is 9.80. The molecule has 2 rings (SSSR count). The summed E-state index contributed by atoms with van der Waals surface area (Å²) in [6, 6.07) is 5.80. The smallest absolute Gasteiger partial charge is 0.412 e. The molecule has 0 radical (unpaired) electrons. The Kier molecular flexibility index (Phi) is 9.57. The Morgan fingerprint density at radius 2 is 2.00 bits per heavy atom. The fraction of sp³-hybridized carbons (Fsp3) is 0.542. The Hall–Kier alpha value is -2.34. The highest BCUT2D eigenvalue weighted by molar-refractivity contribution is 7.85. The Balaban J connectivity index is 2.31. The van der Waals surface area contributed by atoms with Gasteiger partial charge in [0.25, 0.3) is 0 Å². The van der Waals surface area contributed by atoms with Crippen LogP contribution < -0.4 is 8.91 Å².